The Labute approximate surface area is 108 Å². The van der Waals surface area contributed by atoms with Crippen LogP contribution >= 0.6 is 0 Å². The van der Waals surface area contributed by atoms with Crippen LogP contribution in [0.2, 0.25) is 0 Å². The van der Waals surface area contributed by atoms with Crippen LogP contribution in [0.4, 0.5) is 0 Å². The van der Waals surface area contributed by atoms with Crippen LogP contribution in [0, 0.1) is 12.3 Å². The highest BCUT2D eigenvalue weighted by molar-refractivity contribution is 5.91. The maximum Gasteiger partial charge on any atom is 0.244 e. The van der Waals surface area contributed by atoms with E-state index in [1.807, 2.05) is 31.2 Å². The van der Waals surface area contributed by atoms with E-state index in [4.69, 9.17) is 5.11 Å². The molecule has 1 aliphatic carbocycles. The molecular formula is C15H19NO2. The van der Waals surface area contributed by atoms with Gasteiger partial charge in [-0.1, -0.05) is 29.8 Å². The molecule has 1 aliphatic rings. The minimum Gasteiger partial charge on any atom is -0.396 e. The second-order valence-electron chi connectivity index (χ2n) is 5.12. The lowest BCUT2D eigenvalue weighted by molar-refractivity contribution is -0.116. The number of aliphatic hydroxyl groups is 1. The van der Waals surface area contributed by atoms with E-state index in [0.717, 1.165) is 18.4 Å². The largest absolute Gasteiger partial charge is 0.396 e. The zero-order valence-corrected chi connectivity index (χ0v) is 10.6. The molecule has 0 heterocycles. The number of rotatable bonds is 5. The van der Waals surface area contributed by atoms with E-state index < -0.39 is 0 Å². The Hall–Kier alpha value is -1.61. The van der Waals surface area contributed by atoms with Crippen LogP contribution in [0.25, 0.3) is 6.08 Å². The molecule has 0 aromatic heterocycles. The van der Waals surface area contributed by atoms with Gasteiger partial charge in [-0.15, -0.1) is 0 Å². The zero-order chi connectivity index (χ0) is 13.0. The van der Waals surface area contributed by atoms with Gasteiger partial charge in [0.2, 0.25) is 5.91 Å². The molecule has 1 saturated carbocycles. The molecule has 0 unspecified atom stereocenters. The normalized spacial score (nSPS) is 16.8. The van der Waals surface area contributed by atoms with Gasteiger partial charge in [0.15, 0.2) is 0 Å². The lowest BCUT2D eigenvalue weighted by Crippen LogP contribution is -2.30. The monoisotopic (exact) mass is 245 g/mol. The van der Waals surface area contributed by atoms with E-state index in [0.29, 0.717) is 6.54 Å². The summed E-state index contributed by atoms with van der Waals surface area (Å²) in [5.74, 6) is -0.101. The van der Waals surface area contributed by atoms with Crippen LogP contribution in [-0.2, 0) is 4.79 Å². The average Bonchev–Trinajstić information content (AvgIpc) is 3.15. The molecule has 2 rings (SSSR count). The highest BCUT2D eigenvalue weighted by atomic mass is 16.3. The third-order valence-electron chi connectivity index (χ3n) is 3.40. The summed E-state index contributed by atoms with van der Waals surface area (Å²) < 4.78 is 0. The topological polar surface area (TPSA) is 49.3 Å². The van der Waals surface area contributed by atoms with Crippen LogP contribution in [-0.4, -0.2) is 24.2 Å². The van der Waals surface area contributed by atoms with E-state index in [-0.39, 0.29) is 17.9 Å². The van der Waals surface area contributed by atoms with Gasteiger partial charge in [-0.25, -0.2) is 0 Å². The lowest BCUT2D eigenvalue weighted by Gasteiger charge is -2.11. The first kappa shape index (κ1) is 12.8. The third-order valence-corrected chi connectivity index (χ3v) is 3.40. The zero-order valence-electron chi connectivity index (χ0n) is 10.6. The summed E-state index contributed by atoms with van der Waals surface area (Å²) in [5.41, 5.74) is 2.16. The molecule has 0 radical (unpaired) electrons. The van der Waals surface area contributed by atoms with Gasteiger partial charge in [-0.2, -0.15) is 0 Å². The van der Waals surface area contributed by atoms with Crippen molar-refractivity contribution >= 4 is 12.0 Å². The quantitative estimate of drug-likeness (QED) is 0.778. The average molecular weight is 245 g/mol. The highest BCUT2D eigenvalue weighted by Gasteiger charge is 2.41. The van der Waals surface area contributed by atoms with Gasteiger partial charge in [0.25, 0.3) is 0 Å². The van der Waals surface area contributed by atoms with E-state index in [1.54, 1.807) is 12.2 Å². The number of carbonyl (C=O) groups is 1. The number of hydrogen-bond donors (Lipinski definition) is 2. The van der Waals surface area contributed by atoms with Crippen molar-refractivity contribution in [2.75, 3.05) is 13.2 Å². The number of amides is 1. The van der Waals surface area contributed by atoms with Gasteiger partial charge in [-0.3, -0.25) is 4.79 Å². The Morgan fingerprint density at radius 3 is 2.89 bits per heavy atom. The smallest absolute Gasteiger partial charge is 0.244 e. The first-order valence-electron chi connectivity index (χ1n) is 6.27. The number of aliphatic hydroxyl groups excluding tert-OH is 1. The standard InChI is InChI=1S/C15H19NO2/c1-12-3-2-4-13(9-12)5-6-14(18)16-10-15(11-17)7-8-15/h2-6,9,17H,7-8,10-11H2,1H3,(H,16,18)/b6-5+. The third kappa shape index (κ3) is 3.44. The van der Waals surface area contributed by atoms with Crippen LogP contribution in [0.3, 0.4) is 0 Å². The van der Waals surface area contributed by atoms with Gasteiger partial charge in [0.05, 0.1) is 6.61 Å². The summed E-state index contributed by atoms with van der Waals surface area (Å²) in [6.45, 7) is 2.75. The van der Waals surface area contributed by atoms with Crippen molar-refractivity contribution in [3.63, 3.8) is 0 Å². The first-order valence-corrected chi connectivity index (χ1v) is 6.27. The Morgan fingerprint density at radius 2 is 2.28 bits per heavy atom. The minimum atomic E-state index is -0.101. The number of carbonyl (C=O) groups excluding carboxylic acids is 1. The van der Waals surface area contributed by atoms with E-state index in [1.165, 1.54) is 5.56 Å². The number of benzene rings is 1. The summed E-state index contributed by atoms with van der Waals surface area (Å²) in [4.78, 5) is 11.6. The second kappa shape index (κ2) is 5.36. The Balaban J connectivity index is 1.83. The fourth-order valence-electron chi connectivity index (χ4n) is 1.85. The maximum atomic E-state index is 11.6. The predicted octanol–water partition coefficient (Wildman–Crippen LogP) is 1.90. The van der Waals surface area contributed by atoms with Crippen molar-refractivity contribution in [1.29, 1.82) is 0 Å². The van der Waals surface area contributed by atoms with Crippen molar-refractivity contribution in [2.45, 2.75) is 19.8 Å². The molecule has 1 aromatic rings. The number of aryl methyl sites for hydroxylation is 1. The van der Waals surface area contributed by atoms with Gasteiger partial charge < -0.3 is 10.4 Å². The molecule has 1 aromatic carbocycles. The summed E-state index contributed by atoms with van der Waals surface area (Å²) in [5, 5.41) is 12.0. The molecule has 96 valence electrons. The van der Waals surface area contributed by atoms with Crippen molar-refractivity contribution in [3.05, 3.63) is 41.5 Å². The fraction of sp³-hybridized carbons (Fsp3) is 0.400. The summed E-state index contributed by atoms with van der Waals surface area (Å²) in [6, 6.07) is 7.99. The van der Waals surface area contributed by atoms with Gasteiger partial charge in [0, 0.05) is 18.0 Å². The van der Waals surface area contributed by atoms with Crippen LogP contribution in [0.1, 0.15) is 24.0 Å². The molecule has 0 saturated heterocycles. The van der Waals surface area contributed by atoms with E-state index >= 15 is 0 Å². The van der Waals surface area contributed by atoms with Crippen LogP contribution < -0.4 is 5.32 Å². The Morgan fingerprint density at radius 1 is 1.50 bits per heavy atom. The molecule has 0 bridgehead atoms. The predicted molar refractivity (Wildman–Crippen MR) is 72.0 cm³/mol. The van der Waals surface area contributed by atoms with Crippen LogP contribution in [0.15, 0.2) is 30.3 Å². The molecule has 3 nitrogen and oxygen atoms in total. The molecule has 2 N–H and O–H groups in total. The molecule has 0 atom stereocenters. The summed E-state index contributed by atoms with van der Waals surface area (Å²) in [7, 11) is 0. The molecule has 3 heteroatoms. The molecular weight excluding hydrogens is 226 g/mol. The first-order chi connectivity index (χ1) is 8.63. The van der Waals surface area contributed by atoms with Gasteiger partial charge >= 0.3 is 0 Å². The van der Waals surface area contributed by atoms with Gasteiger partial charge in [-0.05, 0) is 31.4 Å². The van der Waals surface area contributed by atoms with E-state index in [9.17, 15) is 4.79 Å². The second-order valence-corrected chi connectivity index (χ2v) is 5.12. The number of nitrogens with one attached hydrogen (secondary N) is 1. The Kier molecular flexibility index (Phi) is 3.82. The number of hydrogen-bond acceptors (Lipinski definition) is 2. The molecule has 0 spiro atoms. The molecule has 1 fully saturated rings. The van der Waals surface area contributed by atoms with E-state index in [2.05, 4.69) is 5.32 Å². The Bertz CT molecular complexity index is 461. The maximum absolute atomic E-state index is 11.6. The lowest BCUT2D eigenvalue weighted by atomic mass is 10.1. The minimum absolute atomic E-state index is 0.0349. The van der Waals surface area contributed by atoms with Crippen molar-refractivity contribution in [1.82, 2.24) is 5.32 Å². The van der Waals surface area contributed by atoms with Gasteiger partial charge in [0.1, 0.15) is 0 Å². The van der Waals surface area contributed by atoms with Crippen molar-refractivity contribution in [2.24, 2.45) is 5.41 Å². The molecule has 1 amide bonds. The molecule has 0 aliphatic heterocycles. The summed E-state index contributed by atoms with van der Waals surface area (Å²) in [6.07, 6.45) is 5.36. The van der Waals surface area contributed by atoms with Crippen molar-refractivity contribution < 1.29 is 9.90 Å². The van der Waals surface area contributed by atoms with Crippen LogP contribution in [0.5, 0.6) is 0 Å². The fourth-order valence-corrected chi connectivity index (χ4v) is 1.85. The SMILES string of the molecule is Cc1cccc(/C=C/C(=O)NCC2(CO)CC2)c1. The van der Waals surface area contributed by atoms with Crippen molar-refractivity contribution in [3.8, 4) is 0 Å². The highest BCUT2D eigenvalue weighted by Crippen LogP contribution is 2.44. The molecule has 18 heavy (non-hydrogen) atoms. The summed E-state index contributed by atoms with van der Waals surface area (Å²) >= 11 is 0.